The van der Waals surface area contributed by atoms with Crippen LogP contribution in [0.25, 0.3) is 11.0 Å². The van der Waals surface area contributed by atoms with E-state index in [1.807, 2.05) is 29.8 Å². The van der Waals surface area contributed by atoms with Crippen LogP contribution in [0.4, 0.5) is 5.69 Å². The van der Waals surface area contributed by atoms with Crippen LogP contribution in [0.15, 0.2) is 35.9 Å². The lowest BCUT2D eigenvalue weighted by atomic mass is 10.2. The van der Waals surface area contributed by atoms with Crippen molar-refractivity contribution in [2.24, 2.45) is 0 Å². The molecule has 6 nitrogen and oxygen atoms in total. The van der Waals surface area contributed by atoms with E-state index in [4.69, 9.17) is 21.1 Å². The third-order valence-electron chi connectivity index (χ3n) is 3.47. The molecule has 2 aromatic heterocycles. The second-order valence-electron chi connectivity index (χ2n) is 5.19. The number of thiazole rings is 1. The number of benzene rings is 1. The van der Waals surface area contributed by atoms with Crippen molar-refractivity contribution in [3.63, 3.8) is 0 Å². The third-order valence-corrected chi connectivity index (χ3v) is 4.50. The molecule has 0 saturated carbocycles. The number of fused-ring (bicyclic) bond motifs is 1. The Kier molecular flexibility index (Phi) is 5.80. The fraction of sp³-hybridized carbons (Fsp3) is 0.222. The SMILES string of the molecule is CCOc1ccc(OCC)c(NC(=O)/C=C/c2c(Cl)nc3sccn23)c1. The van der Waals surface area contributed by atoms with Gasteiger partial charge in [0.2, 0.25) is 5.91 Å². The van der Waals surface area contributed by atoms with Crippen molar-refractivity contribution >= 4 is 45.6 Å². The van der Waals surface area contributed by atoms with Crippen LogP contribution >= 0.6 is 22.9 Å². The van der Waals surface area contributed by atoms with Gasteiger partial charge in [0.25, 0.3) is 0 Å². The van der Waals surface area contributed by atoms with Gasteiger partial charge in [-0.05, 0) is 32.1 Å². The molecule has 0 unspecified atom stereocenters. The minimum Gasteiger partial charge on any atom is -0.494 e. The van der Waals surface area contributed by atoms with E-state index in [1.54, 1.807) is 24.3 Å². The number of imidazole rings is 1. The monoisotopic (exact) mass is 391 g/mol. The maximum atomic E-state index is 12.4. The Bertz CT molecular complexity index is 948. The zero-order valence-electron chi connectivity index (χ0n) is 14.4. The summed E-state index contributed by atoms with van der Waals surface area (Å²) in [6, 6.07) is 5.32. The minimum atomic E-state index is -0.305. The Labute approximate surface area is 160 Å². The molecule has 2 heterocycles. The molecule has 3 rings (SSSR count). The number of halogens is 1. The van der Waals surface area contributed by atoms with Crippen LogP contribution in [0.2, 0.25) is 5.15 Å². The fourth-order valence-electron chi connectivity index (χ4n) is 2.40. The molecule has 26 heavy (non-hydrogen) atoms. The second kappa shape index (κ2) is 8.25. The number of aromatic nitrogens is 2. The van der Waals surface area contributed by atoms with Gasteiger partial charge in [0.15, 0.2) is 10.1 Å². The van der Waals surface area contributed by atoms with Crippen molar-refractivity contribution in [3.05, 3.63) is 46.7 Å². The molecule has 0 aliphatic rings. The van der Waals surface area contributed by atoms with Crippen LogP contribution in [0.5, 0.6) is 11.5 Å². The number of hydrogen-bond acceptors (Lipinski definition) is 5. The molecule has 0 fully saturated rings. The van der Waals surface area contributed by atoms with E-state index >= 15 is 0 Å². The van der Waals surface area contributed by atoms with E-state index in [1.165, 1.54) is 17.4 Å². The number of nitrogens with zero attached hydrogens (tertiary/aromatic N) is 2. The van der Waals surface area contributed by atoms with Crippen molar-refractivity contribution in [2.45, 2.75) is 13.8 Å². The molecule has 0 spiro atoms. The Hall–Kier alpha value is -2.51. The number of carbonyl (C=O) groups is 1. The summed E-state index contributed by atoms with van der Waals surface area (Å²) in [6.45, 7) is 4.82. The van der Waals surface area contributed by atoms with Gasteiger partial charge in [-0.15, -0.1) is 11.3 Å². The van der Waals surface area contributed by atoms with E-state index in [0.717, 1.165) is 4.96 Å². The highest BCUT2D eigenvalue weighted by atomic mass is 35.5. The van der Waals surface area contributed by atoms with Crippen molar-refractivity contribution in [1.29, 1.82) is 0 Å². The lowest BCUT2D eigenvalue weighted by Gasteiger charge is -2.12. The number of nitrogens with one attached hydrogen (secondary N) is 1. The molecule has 0 radical (unpaired) electrons. The molecule has 1 N–H and O–H groups in total. The van der Waals surface area contributed by atoms with Crippen molar-refractivity contribution in [1.82, 2.24) is 9.38 Å². The molecular formula is C18H18ClN3O3S. The van der Waals surface area contributed by atoms with Gasteiger partial charge < -0.3 is 14.8 Å². The second-order valence-corrected chi connectivity index (χ2v) is 6.42. The predicted octanol–water partition coefficient (Wildman–Crippen LogP) is 4.50. The lowest BCUT2D eigenvalue weighted by molar-refractivity contribution is -0.111. The van der Waals surface area contributed by atoms with Crippen molar-refractivity contribution in [3.8, 4) is 11.5 Å². The van der Waals surface area contributed by atoms with Gasteiger partial charge in [0.1, 0.15) is 11.5 Å². The normalized spacial score (nSPS) is 11.2. The van der Waals surface area contributed by atoms with Gasteiger partial charge >= 0.3 is 0 Å². The molecule has 8 heteroatoms. The first-order chi connectivity index (χ1) is 12.6. The van der Waals surface area contributed by atoms with Gasteiger partial charge in [0, 0.05) is 23.7 Å². The smallest absolute Gasteiger partial charge is 0.248 e. The zero-order chi connectivity index (χ0) is 18.5. The Morgan fingerprint density at radius 2 is 2.15 bits per heavy atom. The summed E-state index contributed by atoms with van der Waals surface area (Å²) in [5, 5.41) is 5.08. The predicted molar refractivity (Wildman–Crippen MR) is 105 cm³/mol. The van der Waals surface area contributed by atoms with Gasteiger partial charge in [-0.25, -0.2) is 4.98 Å². The number of amides is 1. The maximum absolute atomic E-state index is 12.4. The number of hydrogen-bond donors (Lipinski definition) is 1. The first-order valence-corrected chi connectivity index (χ1v) is 9.38. The van der Waals surface area contributed by atoms with E-state index in [2.05, 4.69) is 10.3 Å². The highest BCUT2D eigenvalue weighted by molar-refractivity contribution is 7.15. The average Bonchev–Trinajstić information content (AvgIpc) is 3.16. The largest absolute Gasteiger partial charge is 0.494 e. The molecule has 1 aromatic carbocycles. The molecule has 0 bridgehead atoms. The quantitative estimate of drug-likeness (QED) is 0.602. The summed E-state index contributed by atoms with van der Waals surface area (Å²) < 4.78 is 12.9. The van der Waals surface area contributed by atoms with Crippen LogP contribution in [-0.4, -0.2) is 28.5 Å². The van der Waals surface area contributed by atoms with E-state index in [-0.39, 0.29) is 5.91 Å². The molecular weight excluding hydrogens is 374 g/mol. The van der Waals surface area contributed by atoms with Gasteiger partial charge in [-0.3, -0.25) is 9.20 Å². The Morgan fingerprint density at radius 3 is 2.92 bits per heavy atom. The number of carbonyl (C=O) groups excluding carboxylic acids is 1. The van der Waals surface area contributed by atoms with Crippen molar-refractivity contribution < 1.29 is 14.3 Å². The molecule has 0 aliphatic heterocycles. The fourth-order valence-corrected chi connectivity index (χ4v) is 3.40. The number of ether oxygens (including phenoxy) is 2. The average molecular weight is 392 g/mol. The summed E-state index contributed by atoms with van der Waals surface area (Å²) in [5.41, 5.74) is 1.21. The highest BCUT2D eigenvalue weighted by Crippen LogP contribution is 2.29. The molecule has 136 valence electrons. The van der Waals surface area contributed by atoms with Gasteiger partial charge in [-0.2, -0.15) is 0 Å². The summed E-state index contributed by atoms with van der Waals surface area (Å²) >= 11 is 7.61. The first-order valence-electron chi connectivity index (χ1n) is 8.12. The van der Waals surface area contributed by atoms with Crippen LogP contribution in [0.1, 0.15) is 19.5 Å². The van der Waals surface area contributed by atoms with Crippen LogP contribution in [-0.2, 0) is 4.79 Å². The standard InChI is InChI=1S/C18H18ClN3O3S/c1-3-24-12-5-7-15(25-4-2)13(11-12)20-16(23)8-6-14-17(19)21-18-22(14)9-10-26-18/h5-11H,3-4H2,1-2H3,(H,20,23)/b8-6+. The molecule has 1 amide bonds. The third kappa shape index (κ3) is 4.00. The van der Waals surface area contributed by atoms with E-state index in [9.17, 15) is 4.79 Å². The summed E-state index contributed by atoms with van der Waals surface area (Å²) in [7, 11) is 0. The Balaban J connectivity index is 1.79. The van der Waals surface area contributed by atoms with Crippen molar-refractivity contribution in [2.75, 3.05) is 18.5 Å². The van der Waals surface area contributed by atoms with Gasteiger partial charge in [0.05, 0.1) is 24.6 Å². The highest BCUT2D eigenvalue weighted by Gasteiger charge is 2.11. The van der Waals surface area contributed by atoms with E-state index < -0.39 is 0 Å². The van der Waals surface area contributed by atoms with Crippen LogP contribution in [0, 0.1) is 0 Å². The summed E-state index contributed by atoms with van der Waals surface area (Å²) in [4.78, 5) is 17.4. The summed E-state index contributed by atoms with van der Waals surface area (Å²) in [6.07, 6.45) is 4.91. The minimum absolute atomic E-state index is 0.305. The van der Waals surface area contributed by atoms with Crippen LogP contribution < -0.4 is 14.8 Å². The van der Waals surface area contributed by atoms with E-state index in [0.29, 0.717) is 41.2 Å². The molecule has 3 aromatic rings. The lowest BCUT2D eigenvalue weighted by Crippen LogP contribution is -2.10. The number of rotatable bonds is 7. The molecule has 0 atom stereocenters. The Morgan fingerprint density at radius 1 is 1.35 bits per heavy atom. The molecule has 0 saturated heterocycles. The first kappa shape index (κ1) is 18.3. The maximum Gasteiger partial charge on any atom is 0.248 e. The zero-order valence-corrected chi connectivity index (χ0v) is 15.9. The number of anilines is 1. The van der Waals surface area contributed by atoms with Gasteiger partial charge in [-0.1, -0.05) is 11.6 Å². The molecule has 0 aliphatic carbocycles. The topological polar surface area (TPSA) is 64.9 Å². The summed E-state index contributed by atoms with van der Waals surface area (Å²) in [5.74, 6) is 0.940. The van der Waals surface area contributed by atoms with Crippen LogP contribution in [0.3, 0.4) is 0 Å².